The summed E-state index contributed by atoms with van der Waals surface area (Å²) in [4.78, 5) is 0. The lowest BCUT2D eigenvalue weighted by molar-refractivity contribution is 0.554. The summed E-state index contributed by atoms with van der Waals surface area (Å²) in [5.74, 6) is 0.912. The SMILES string of the molecule is C=C1C=Cc2ccoc21. The van der Waals surface area contributed by atoms with Gasteiger partial charge in [0.15, 0.2) is 0 Å². The second-order valence-corrected chi connectivity index (χ2v) is 2.06. The number of hydrogen-bond donors (Lipinski definition) is 0. The van der Waals surface area contributed by atoms with Gasteiger partial charge in [0.25, 0.3) is 0 Å². The van der Waals surface area contributed by atoms with Gasteiger partial charge in [0.05, 0.1) is 6.26 Å². The summed E-state index contributed by atoms with van der Waals surface area (Å²) in [6.07, 6.45) is 5.63. The van der Waals surface area contributed by atoms with Gasteiger partial charge in [-0.1, -0.05) is 18.7 Å². The van der Waals surface area contributed by atoms with Gasteiger partial charge < -0.3 is 4.42 Å². The molecule has 9 heavy (non-hydrogen) atoms. The van der Waals surface area contributed by atoms with Crippen molar-refractivity contribution >= 4 is 11.6 Å². The van der Waals surface area contributed by atoms with Gasteiger partial charge in [-0.05, 0) is 6.07 Å². The molecule has 0 spiro atoms. The predicted octanol–water partition coefficient (Wildman–Crippen LogP) is 2.32. The number of rotatable bonds is 0. The third-order valence-electron chi connectivity index (χ3n) is 1.45. The average molecular weight is 118 g/mol. The number of allylic oxidation sites excluding steroid dienone is 2. The second kappa shape index (κ2) is 1.38. The molecule has 0 N–H and O–H groups in total. The summed E-state index contributed by atoms with van der Waals surface area (Å²) >= 11 is 0. The Morgan fingerprint density at radius 2 is 2.22 bits per heavy atom. The maximum atomic E-state index is 5.13. The Labute approximate surface area is 53.3 Å². The quantitative estimate of drug-likeness (QED) is 0.509. The molecule has 1 heteroatoms. The molecular weight excluding hydrogens is 112 g/mol. The molecule has 1 aliphatic carbocycles. The molecule has 2 rings (SSSR count). The molecule has 0 saturated carbocycles. The van der Waals surface area contributed by atoms with Gasteiger partial charge >= 0.3 is 0 Å². The lowest BCUT2D eigenvalue weighted by Crippen LogP contribution is -1.66. The Balaban J connectivity index is 2.73. The van der Waals surface area contributed by atoms with E-state index in [2.05, 4.69) is 6.58 Å². The van der Waals surface area contributed by atoms with E-state index < -0.39 is 0 Å². The minimum Gasteiger partial charge on any atom is -0.464 e. The van der Waals surface area contributed by atoms with Crippen molar-refractivity contribution in [3.63, 3.8) is 0 Å². The van der Waals surface area contributed by atoms with Gasteiger partial charge in [-0.15, -0.1) is 0 Å². The van der Waals surface area contributed by atoms with Crippen LogP contribution in [0.4, 0.5) is 0 Å². The molecule has 0 aromatic carbocycles. The molecule has 44 valence electrons. The lowest BCUT2D eigenvalue weighted by atomic mass is 10.2. The van der Waals surface area contributed by atoms with Crippen LogP contribution in [0.5, 0.6) is 0 Å². The highest BCUT2D eigenvalue weighted by Gasteiger charge is 2.10. The molecule has 1 aliphatic rings. The molecule has 0 fully saturated rings. The van der Waals surface area contributed by atoms with Crippen molar-refractivity contribution in [1.82, 2.24) is 0 Å². The highest BCUT2D eigenvalue weighted by Crippen LogP contribution is 2.27. The molecule has 1 aromatic heterocycles. The van der Waals surface area contributed by atoms with Gasteiger partial charge in [0.1, 0.15) is 5.76 Å². The Bertz CT molecular complexity index is 279. The van der Waals surface area contributed by atoms with E-state index in [1.807, 2.05) is 18.2 Å². The fourth-order valence-corrected chi connectivity index (χ4v) is 0.977. The largest absolute Gasteiger partial charge is 0.464 e. The second-order valence-electron chi connectivity index (χ2n) is 2.06. The Morgan fingerprint density at radius 1 is 1.33 bits per heavy atom. The van der Waals surface area contributed by atoms with Crippen molar-refractivity contribution in [2.75, 3.05) is 0 Å². The van der Waals surface area contributed by atoms with Crippen molar-refractivity contribution in [3.05, 3.63) is 36.3 Å². The normalized spacial score (nSPS) is 14.4. The van der Waals surface area contributed by atoms with E-state index in [0.29, 0.717) is 0 Å². The van der Waals surface area contributed by atoms with Crippen LogP contribution in [-0.4, -0.2) is 0 Å². The first-order chi connectivity index (χ1) is 4.38. The highest BCUT2D eigenvalue weighted by atomic mass is 16.3. The summed E-state index contributed by atoms with van der Waals surface area (Å²) in [6.45, 7) is 3.79. The van der Waals surface area contributed by atoms with Crippen molar-refractivity contribution < 1.29 is 4.42 Å². The third kappa shape index (κ3) is 0.486. The van der Waals surface area contributed by atoms with E-state index in [1.54, 1.807) is 6.26 Å². The molecule has 1 heterocycles. The van der Waals surface area contributed by atoms with Gasteiger partial charge in [-0.25, -0.2) is 0 Å². The molecule has 1 aromatic rings. The fraction of sp³-hybridized carbons (Fsp3) is 0. The number of fused-ring (bicyclic) bond motifs is 1. The Hall–Kier alpha value is -1.24. The van der Waals surface area contributed by atoms with Gasteiger partial charge in [0, 0.05) is 11.1 Å². The van der Waals surface area contributed by atoms with Crippen molar-refractivity contribution in [1.29, 1.82) is 0 Å². The summed E-state index contributed by atoms with van der Waals surface area (Å²) < 4.78 is 5.13. The zero-order valence-corrected chi connectivity index (χ0v) is 4.92. The van der Waals surface area contributed by atoms with Crippen LogP contribution in [0.1, 0.15) is 11.3 Å². The van der Waals surface area contributed by atoms with Crippen LogP contribution in [0.2, 0.25) is 0 Å². The van der Waals surface area contributed by atoms with Crippen LogP contribution in [0.25, 0.3) is 11.6 Å². The molecule has 0 bridgehead atoms. The van der Waals surface area contributed by atoms with Gasteiger partial charge in [-0.2, -0.15) is 0 Å². The Kier molecular flexibility index (Phi) is 0.707. The summed E-state index contributed by atoms with van der Waals surface area (Å²) in [5, 5.41) is 0. The smallest absolute Gasteiger partial charge is 0.140 e. The van der Waals surface area contributed by atoms with Crippen molar-refractivity contribution in [2.45, 2.75) is 0 Å². The molecule has 0 unspecified atom stereocenters. The Morgan fingerprint density at radius 3 is 3.00 bits per heavy atom. The molecule has 0 amide bonds. The zero-order valence-electron chi connectivity index (χ0n) is 4.92. The minimum atomic E-state index is 0.912. The van der Waals surface area contributed by atoms with Crippen LogP contribution >= 0.6 is 0 Å². The average Bonchev–Trinajstić information content (AvgIpc) is 2.35. The zero-order chi connectivity index (χ0) is 6.27. The molecular formula is C8H6O. The van der Waals surface area contributed by atoms with Gasteiger partial charge in [0.2, 0.25) is 0 Å². The van der Waals surface area contributed by atoms with Crippen LogP contribution in [0.3, 0.4) is 0 Å². The monoisotopic (exact) mass is 118 g/mol. The lowest BCUT2D eigenvalue weighted by Gasteiger charge is -1.85. The first-order valence-corrected chi connectivity index (χ1v) is 2.83. The predicted molar refractivity (Wildman–Crippen MR) is 36.8 cm³/mol. The van der Waals surface area contributed by atoms with E-state index in [9.17, 15) is 0 Å². The van der Waals surface area contributed by atoms with Gasteiger partial charge in [-0.3, -0.25) is 0 Å². The van der Waals surface area contributed by atoms with Crippen molar-refractivity contribution in [2.24, 2.45) is 0 Å². The standard InChI is InChI=1S/C8H6O/c1-6-2-3-7-4-5-9-8(6)7/h2-5H,1H2. The van der Waals surface area contributed by atoms with Crippen LogP contribution in [-0.2, 0) is 0 Å². The van der Waals surface area contributed by atoms with E-state index in [4.69, 9.17) is 4.42 Å². The fourth-order valence-electron chi connectivity index (χ4n) is 0.977. The molecule has 0 aliphatic heterocycles. The van der Waals surface area contributed by atoms with E-state index in [1.165, 1.54) is 0 Å². The summed E-state index contributed by atoms with van der Waals surface area (Å²) in [7, 11) is 0. The topological polar surface area (TPSA) is 13.1 Å². The van der Waals surface area contributed by atoms with Crippen LogP contribution in [0.15, 0.2) is 29.4 Å². The molecule has 0 radical (unpaired) electrons. The molecule has 0 saturated heterocycles. The van der Waals surface area contributed by atoms with E-state index in [0.717, 1.165) is 16.9 Å². The van der Waals surface area contributed by atoms with E-state index in [-0.39, 0.29) is 0 Å². The summed E-state index contributed by atoms with van der Waals surface area (Å²) in [6, 6.07) is 1.93. The van der Waals surface area contributed by atoms with Crippen LogP contribution in [0, 0.1) is 0 Å². The van der Waals surface area contributed by atoms with Crippen LogP contribution < -0.4 is 0 Å². The number of furan rings is 1. The first kappa shape index (κ1) is 4.62. The molecule has 0 atom stereocenters. The first-order valence-electron chi connectivity index (χ1n) is 2.83. The summed E-state index contributed by atoms with van der Waals surface area (Å²) in [5.41, 5.74) is 2.11. The van der Waals surface area contributed by atoms with E-state index >= 15 is 0 Å². The third-order valence-corrected chi connectivity index (χ3v) is 1.45. The maximum Gasteiger partial charge on any atom is 0.140 e. The number of hydrogen-bond acceptors (Lipinski definition) is 1. The van der Waals surface area contributed by atoms with Crippen molar-refractivity contribution in [3.8, 4) is 0 Å². The molecule has 1 nitrogen and oxygen atoms in total. The maximum absolute atomic E-state index is 5.13. The highest BCUT2D eigenvalue weighted by molar-refractivity contribution is 5.85. The minimum absolute atomic E-state index is 0.912.